The molecule has 4 atom stereocenters. The van der Waals surface area contributed by atoms with Crippen molar-refractivity contribution >= 4 is 23.5 Å². The third-order valence-electron chi connectivity index (χ3n) is 9.07. The van der Waals surface area contributed by atoms with E-state index in [0.29, 0.717) is 32.1 Å². The molecule has 3 fully saturated rings. The number of amides is 2. The Bertz CT molecular complexity index is 1420. The van der Waals surface area contributed by atoms with E-state index in [0.717, 1.165) is 31.0 Å². The van der Waals surface area contributed by atoms with Gasteiger partial charge in [0.15, 0.2) is 11.6 Å². The molecule has 2 bridgehead atoms. The van der Waals surface area contributed by atoms with E-state index < -0.39 is 59.3 Å². The predicted molar refractivity (Wildman–Crippen MR) is 149 cm³/mol. The molecular formula is C31H34F4N2O7. The van der Waals surface area contributed by atoms with Gasteiger partial charge in [0.1, 0.15) is 11.5 Å². The smallest absolute Gasteiger partial charge is 0.416 e. The number of hydrogen-bond acceptors (Lipinski definition) is 6. The van der Waals surface area contributed by atoms with Gasteiger partial charge in [-0.05, 0) is 75.0 Å². The summed E-state index contributed by atoms with van der Waals surface area (Å²) in [6, 6.07) is 4.64. The van der Waals surface area contributed by atoms with Crippen LogP contribution in [0.2, 0.25) is 0 Å². The van der Waals surface area contributed by atoms with Crippen molar-refractivity contribution in [3.63, 3.8) is 0 Å². The lowest BCUT2D eigenvalue weighted by Crippen LogP contribution is -2.48. The number of carbonyl (C=O) groups is 3. The van der Waals surface area contributed by atoms with Gasteiger partial charge in [0.05, 0.1) is 43.3 Å². The molecule has 0 spiro atoms. The molecule has 0 saturated heterocycles. The average molecular weight is 623 g/mol. The van der Waals surface area contributed by atoms with Crippen molar-refractivity contribution in [2.75, 3.05) is 19.5 Å². The van der Waals surface area contributed by atoms with E-state index in [1.165, 1.54) is 26.4 Å². The molecule has 0 aromatic heterocycles. The largest absolute Gasteiger partial charge is 0.497 e. The molecule has 3 N–H and O–H groups in total. The van der Waals surface area contributed by atoms with Gasteiger partial charge in [-0.25, -0.2) is 4.39 Å². The molecule has 2 aromatic carbocycles. The number of hydrogen-bond donors (Lipinski definition) is 3. The number of carbonyl (C=O) groups excluding carboxylic acids is 2. The van der Waals surface area contributed by atoms with Crippen molar-refractivity contribution in [1.82, 2.24) is 5.32 Å². The molecule has 2 amide bonds. The number of aliphatic carboxylic acids is 1. The summed E-state index contributed by atoms with van der Waals surface area (Å²) >= 11 is 0. The lowest BCUT2D eigenvalue weighted by Gasteiger charge is -2.31. The lowest BCUT2D eigenvalue weighted by atomic mass is 9.83. The number of anilines is 1. The van der Waals surface area contributed by atoms with E-state index in [1.807, 2.05) is 0 Å². The van der Waals surface area contributed by atoms with E-state index in [4.69, 9.17) is 14.2 Å². The first kappa shape index (κ1) is 31.4. The fourth-order valence-corrected chi connectivity index (χ4v) is 6.86. The lowest BCUT2D eigenvalue weighted by molar-refractivity contribution is -0.143. The average Bonchev–Trinajstić information content (AvgIpc) is 3.59. The summed E-state index contributed by atoms with van der Waals surface area (Å²) in [5, 5.41) is 14.7. The summed E-state index contributed by atoms with van der Waals surface area (Å²) < 4.78 is 71.3. The first-order valence-electron chi connectivity index (χ1n) is 14.5. The van der Waals surface area contributed by atoms with Crippen LogP contribution in [0.1, 0.15) is 60.9 Å². The first-order chi connectivity index (χ1) is 20.9. The Morgan fingerprint density at radius 3 is 2.23 bits per heavy atom. The second-order valence-electron chi connectivity index (χ2n) is 11.7. The second kappa shape index (κ2) is 12.5. The molecule has 3 aliphatic carbocycles. The molecule has 5 rings (SSSR count). The standard InChI is InChI=1S/C31H34F4N2O7/c1-42-21-11-18(31(33,34)35)10-19(12-21)36-29(39)26-16-3-4-17(9-16)27(26)37-28(38)22-13-25(23(32)14-24(22)43-2)44-20-7-5-15(6-8-20)30(40)41/h10-17,20,26-27H,3-9H2,1-2H3,(H,36,39)(H,37,38)(H,40,41). The number of halogens is 4. The van der Waals surface area contributed by atoms with Crippen molar-refractivity contribution in [3.8, 4) is 17.2 Å². The molecule has 238 valence electrons. The van der Waals surface area contributed by atoms with Gasteiger partial charge >= 0.3 is 12.1 Å². The van der Waals surface area contributed by atoms with Gasteiger partial charge < -0.3 is 30.0 Å². The molecule has 0 radical (unpaired) electrons. The molecule has 0 heterocycles. The van der Waals surface area contributed by atoms with Gasteiger partial charge in [0.25, 0.3) is 5.91 Å². The van der Waals surface area contributed by atoms with E-state index in [2.05, 4.69) is 10.6 Å². The van der Waals surface area contributed by atoms with Crippen LogP contribution in [-0.2, 0) is 15.8 Å². The zero-order valence-electron chi connectivity index (χ0n) is 24.2. The van der Waals surface area contributed by atoms with E-state index >= 15 is 0 Å². The highest BCUT2D eigenvalue weighted by Crippen LogP contribution is 2.49. The second-order valence-corrected chi connectivity index (χ2v) is 11.7. The van der Waals surface area contributed by atoms with E-state index in [-0.39, 0.29) is 40.3 Å². The van der Waals surface area contributed by atoms with Gasteiger partial charge in [-0.1, -0.05) is 0 Å². The number of ether oxygens (including phenoxy) is 3. The minimum absolute atomic E-state index is 0.00679. The molecule has 13 heteroatoms. The number of fused-ring (bicyclic) bond motifs is 2. The van der Waals surface area contributed by atoms with Crippen LogP contribution in [0.4, 0.5) is 23.2 Å². The summed E-state index contributed by atoms with van der Waals surface area (Å²) in [7, 11) is 2.52. The Kier molecular flexibility index (Phi) is 8.94. The number of carboxylic acids is 1. The van der Waals surface area contributed by atoms with Crippen molar-refractivity contribution < 1.29 is 51.3 Å². The summed E-state index contributed by atoms with van der Waals surface area (Å²) in [5.41, 5.74) is -1.05. The number of rotatable bonds is 9. The number of alkyl halides is 3. The number of methoxy groups -OCH3 is 2. The normalized spacial score (nSPS) is 26.1. The van der Waals surface area contributed by atoms with Gasteiger partial charge in [0, 0.05) is 23.9 Å². The van der Waals surface area contributed by atoms with Crippen molar-refractivity contribution in [3.05, 3.63) is 47.3 Å². The highest BCUT2D eigenvalue weighted by Gasteiger charge is 2.51. The number of carboxylic acid groups (broad SMARTS) is 1. The molecule has 2 aromatic rings. The quantitative estimate of drug-likeness (QED) is 0.308. The zero-order chi connectivity index (χ0) is 31.8. The Labute approximate surface area is 251 Å². The van der Waals surface area contributed by atoms with Crippen LogP contribution >= 0.6 is 0 Å². The first-order valence-corrected chi connectivity index (χ1v) is 14.5. The SMILES string of the molecule is COc1cc(NC(=O)C2C3CCC(C3)C2NC(=O)c2cc(OC3CCC(C(=O)O)CC3)c(F)cc2OC)cc(C(F)(F)F)c1. The minimum Gasteiger partial charge on any atom is -0.497 e. The van der Waals surface area contributed by atoms with Crippen LogP contribution < -0.4 is 24.8 Å². The van der Waals surface area contributed by atoms with Crippen molar-refractivity contribution in [2.24, 2.45) is 23.7 Å². The molecular weight excluding hydrogens is 588 g/mol. The van der Waals surface area contributed by atoms with Crippen LogP contribution in [0, 0.1) is 29.5 Å². The monoisotopic (exact) mass is 622 g/mol. The maximum Gasteiger partial charge on any atom is 0.416 e. The maximum absolute atomic E-state index is 14.9. The molecule has 3 aliphatic rings. The summed E-state index contributed by atoms with van der Waals surface area (Å²) in [5.74, 6) is -4.30. The molecule has 0 aliphatic heterocycles. The van der Waals surface area contributed by atoms with Gasteiger partial charge in [-0.15, -0.1) is 0 Å². The summed E-state index contributed by atoms with van der Waals surface area (Å²) in [6.45, 7) is 0. The Balaban J connectivity index is 1.33. The molecule has 44 heavy (non-hydrogen) atoms. The van der Waals surface area contributed by atoms with E-state index in [9.17, 15) is 37.1 Å². The Morgan fingerprint density at radius 1 is 0.886 bits per heavy atom. The predicted octanol–water partition coefficient (Wildman–Crippen LogP) is 5.67. The zero-order valence-corrected chi connectivity index (χ0v) is 24.2. The van der Waals surface area contributed by atoms with Gasteiger partial charge in [-0.3, -0.25) is 14.4 Å². The van der Waals surface area contributed by atoms with Crippen LogP contribution in [0.25, 0.3) is 0 Å². The summed E-state index contributed by atoms with van der Waals surface area (Å²) in [6.07, 6.45) is -1.26. The van der Waals surface area contributed by atoms with Crippen LogP contribution in [-0.4, -0.2) is 49.3 Å². The molecule has 4 unspecified atom stereocenters. The fourth-order valence-electron chi connectivity index (χ4n) is 6.86. The fraction of sp³-hybridized carbons (Fsp3) is 0.516. The third kappa shape index (κ3) is 6.56. The minimum atomic E-state index is -4.65. The Hall–Kier alpha value is -4.03. The summed E-state index contributed by atoms with van der Waals surface area (Å²) in [4.78, 5) is 38.3. The third-order valence-corrected chi connectivity index (χ3v) is 9.07. The van der Waals surface area contributed by atoms with Crippen LogP contribution in [0.5, 0.6) is 17.2 Å². The van der Waals surface area contributed by atoms with Crippen molar-refractivity contribution in [2.45, 2.75) is 63.3 Å². The Morgan fingerprint density at radius 2 is 1.59 bits per heavy atom. The topological polar surface area (TPSA) is 123 Å². The highest BCUT2D eigenvalue weighted by molar-refractivity contribution is 5.99. The van der Waals surface area contributed by atoms with Crippen LogP contribution in [0.15, 0.2) is 30.3 Å². The van der Waals surface area contributed by atoms with Crippen LogP contribution in [0.3, 0.4) is 0 Å². The molecule has 9 nitrogen and oxygen atoms in total. The number of benzene rings is 2. The van der Waals surface area contributed by atoms with Crippen molar-refractivity contribution in [1.29, 1.82) is 0 Å². The van der Waals surface area contributed by atoms with Gasteiger partial charge in [0.2, 0.25) is 5.91 Å². The number of nitrogens with one attached hydrogen (secondary N) is 2. The van der Waals surface area contributed by atoms with E-state index in [1.54, 1.807) is 0 Å². The molecule has 3 saturated carbocycles. The highest BCUT2D eigenvalue weighted by atomic mass is 19.4. The maximum atomic E-state index is 14.9. The van der Waals surface area contributed by atoms with Gasteiger partial charge in [-0.2, -0.15) is 13.2 Å².